The third-order valence-corrected chi connectivity index (χ3v) is 4.54. The molecule has 0 bridgehead atoms. The summed E-state index contributed by atoms with van der Waals surface area (Å²) in [4.78, 5) is 28.3. The molecule has 7 nitrogen and oxygen atoms in total. The number of aromatic nitrogens is 2. The molecular weight excluding hydrogens is 332 g/mol. The Morgan fingerprint density at radius 1 is 1.15 bits per heavy atom. The molecule has 1 aromatic heterocycles. The van der Waals surface area contributed by atoms with Gasteiger partial charge in [0.05, 0.1) is 0 Å². The molecular formula is C19H24N4O3. The summed E-state index contributed by atoms with van der Waals surface area (Å²) in [6.07, 6.45) is 6.03. The molecule has 138 valence electrons. The van der Waals surface area contributed by atoms with Gasteiger partial charge in [0.1, 0.15) is 0 Å². The molecule has 1 aliphatic rings. The number of aryl methyl sites for hydroxylation is 1. The van der Waals surface area contributed by atoms with E-state index in [9.17, 15) is 9.59 Å². The van der Waals surface area contributed by atoms with Crippen LogP contribution in [0.2, 0.25) is 0 Å². The molecule has 26 heavy (non-hydrogen) atoms. The van der Waals surface area contributed by atoms with Crippen molar-refractivity contribution in [2.24, 2.45) is 0 Å². The number of nitrogens with zero attached hydrogens (tertiary/aromatic N) is 2. The van der Waals surface area contributed by atoms with Crippen LogP contribution in [0, 0.1) is 6.92 Å². The number of amides is 2. The molecule has 0 atom stereocenters. The normalized spacial score (nSPS) is 14.8. The number of carbonyl (C=O) groups is 2. The van der Waals surface area contributed by atoms with Crippen LogP contribution < -0.4 is 10.6 Å². The standard InChI is InChI=1S/C19H24N4O3/c1-13-21-18(23-26-13)14-7-9-15(10-8-14)19(25)20-12-11-17(24)22-16-5-3-2-4-6-16/h7-10,16H,2-6,11-12H2,1H3,(H,20,25)(H,22,24). The van der Waals surface area contributed by atoms with E-state index in [1.165, 1.54) is 19.3 Å². The van der Waals surface area contributed by atoms with Crippen molar-refractivity contribution in [2.75, 3.05) is 6.54 Å². The summed E-state index contributed by atoms with van der Waals surface area (Å²) >= 11 is 0. The molecule has 1 aliphatic carbocycles. The minimum atomic E-state index is -0.202. The van der Waals surface area contributed by atoms with Gasteiger partial charge < -0.3 is 15.2 Å². The molecule has 1 fully saturated rings. The Labute approximate surface area is 152 Å². The quantitative estimate of drug-likeness (QED) is 0.829. The predicted octanol–water partition coefficient (Wildman–Crippen LogP) is 2.61. The van der Waals surface area contributed by atoms with Crippen molar-refractivity contribution in [1.82, 2.24) is 20.8 Å². The third-order valence-electron chi connectivity index (χ3n) is 4.54. The van der Waals surface area contributed by atoms with Gasteiger partial charge in [0.25, 0.3) is 5.91 Å². The highest BCUT2D eigenvalue weighted by molar-refractivity contribution is 5.94. The van der Waals surface area contributed by atoms with E-state index in [1.54, 1.807) is 31.2 Å². The van der Waals surface area contributed by atoms with Crippen molar-refractivity contribution < 1.29 is 14.1 Å². The van der Waals surface area contributed by atoms with E-state index in [1.807, 2.05) is 0 Å². The van der Waals surface area contributed by atoms with E-state index in [4.69, 9.17) is 4.52 Å². The molecule has 0 radical (unpaired) electrons. The maximum Gasteiger partial charge on any atom is 0.251 e. The fourth-order valence-corrected chi connectivity index (χ4v) is 3.13. The lowest BCUT2D eigenvalue weighted by atomic mass is 9.95. The highest BCUT2D eigenvalue weighted by atomic mass is 16.5. The topological polar surface area (TPSA) is 97.1 Å². The van der Waals surface area contributed by atoms with Crippen LogP contribution >= 0.6 is 0 Å². The summed E-state index contributed by atoms with van der Waals surface area (Å²) in [7, 11) is 0. The summed E-state index contributed by atoms with van der Waals surface area (Å²) in [6, 6.07) is 7.26. The summed E-state index contributed by atoms with van der Waals surface area (Å²) in [6.45, 7) is 2.05. The van der Waals surface area contributed by atoms with Gasteiger partial charge in [-0.05, 0) is 25.0 Å². The molecule has 0 saturated heterocycles. The second-order valence-electron chi connectivity index (χ2n) is 6.62. The first kappa shape index (κ1) is 18.1. The van der Waals surface area contributed by atoms with Gasteiger partial charge >= 0.3 is 0 Å². The Morgan fingerprint density at radius 3 is 2.54 bits per heavy atom. The van der Waals surface area contributed by atoms with E-state index >= 15 is 0 Å². The van der Waals surface area contributed by atoms with Gasteiger partial charge in [-0.3, -0.25) is 9.59 Å². The third kappa shape index (κ3) is 4.91. The molecule has 0 spiro atoms. The summed E-state index contributed by atoms with van der Waals surface area (Å²) in [5.74, 6) is 0.786. The maximum atomic E-state index is 12.2. The largest absolute Gasteiger partial charge is 0.353 e. The molecule has 2 aromatic rings. The van der Waals surface area contributed by atoms with Crippen molar-refractivity contribution in [2.45, 2.75) is 51.5 Å². The zero-order valence-corrected chi connectivity index (χ0v) is 15.0. The van der Waals surface area contributed by atoms with E-state index in [0.717, 1.165) is 18.4 Å². The number of carbonyl (C=O) groups excluding carboxylic acids is 2. The van der Waals surface area contributed by atoms with Crippen LogP contribution in [0.3, 0.4) is 0 Å². The van der Waals surface area contributed by atoms with Gasteiger partial charge in [0.15, 0.2) is 0 Å². The molecule has 1 aromatic carbocycles. The van der Waals surface area contributed by atoms with Crippen molar-refractivity contribution >= 4 is 11.8 Å². The van der Waals surface area contributed by atoms with Crippen LogP contribution in [0.15, 0.2) is 28.8 Å². The maximum absolute atomic E-state index is 12.2. The van der Waals surface area contributed by atoms with E-state index in [2.05, 4.69) is 20.8 Å². The average molecular weight is 356 g/mol. The minimum absolute atomic E-state index is 0.0000225. The van der Waals surface area contributed by atoms with Crippen LogP contribution in [0.5, 0.6) is 0 Å². The summed E-state index contributed by atoms with van der Waals surface area (Å²) < 4.78 is 4.95. The monoisotopic (exact) mass is 356 g/mol. The number of hydrogen-bond donors (Lipinski definition) is 2. The lowest BCUT2D eigenvalue weighted by Gasteiger charge is -2.22. The molecule has 2 amide bonds. The van der Waals surface area contributed by atoms with E-state index in [0.29, 0.717) is 36.3 Å². The van der Waals surface area contributed by atoms with Crippen LogP contribution in [0.1, 0.15) is 54.8 Å². The Hall–Kier alpha value is -2.70. The fourth-order valence-electron chi connectivity index (χ4n) is 3.13. The van der Waals surface area contributed by atoms with Crippen LogP contribution in [-0.2, 0) is 4.79 Å². The number of rotatable bonds is 6. The highest BCUT2D eigenvalue weighted by Crippen LogP contribution is 2.17. The lowest BCUT2D eigenvalue weighted by Crippen LogP contribution is -2.38. The van der Waals surface area contributed by atoms with E-state index < -0.39 is 0 Å². The van der Waals surface area contributed by atoms with Crippen LogP contribution in [0.4, 0.5) is 0 Å². The molecule has 3 rings (SSSR count). The first-order valence-corrected chi connectivity index (χ1v) is 9.10. The predicted molar refractivity (Wildman–Crippen MR) is 96.4 cm³/mol. The molecule has 0 aliphatic heterocycles. The van der Waals surface area contributed by atoms with Gasteiger partial charge in [-0.2, -0.15) is 4.98 Å². The van der Waals surface area contributed by atoms with Gasteiger partial charge in [-0.1, -0.05) is 36.6 Å². The minimum Gasteiger partial charge on any atom is -0.353 e. The highest BCUT2D eigenvalue weighted by Gasteiger charge is 2.15. The van der Waals surface area contributed by atoms with Crippen molar-refractivity contribution in [1.29, 1.82) is 0 Å². The zero-order valence-electron chi connectivity index (χ0n) is 15.0. The van der Waals surface area contributed by atoms with Gasteiger partial charge in [-0.25, -0.2) is 0 Å². The zero-order chi connectivity index (χ0) is 18.4. The Kier molecular flexibility index (Phi) is 5.99. The molecule has 0 unspecified atom stereocenters. The fraction of sp³-hybridized carbons (Fsp3) is 0.474. The van der Waals surface area contributed by atoms with Crippen LogP contribution in [-0.4, -0.2) is 34.5 Å². The second-order valence-corrected chi connectivity index (χ2v) is 6.62. The van der Waals surface area contributed by atoms with Gasteiger partial charge in [-0.15, -0.1) is 0 Å². The first-order valence-electron chi connectivity index (χ1n) is 9.10. The second kappa shape index (κ2) is 8.60. The summed E-state index contributed by atoms with van der Waals surface area (Å²) in [5, 5.41) is 9.67. The first-order chi connectivity index (χ1) is 12.6. The van der Waals surface area contributed by atoms with Crippen molar-refractivity contribution in [3.8, 4) is 11.4 Å². The van der Waals surface area contributed by atoms with Crippen molar-refractivity contribution in [3.05, 3.63) is 35.7 Å². The number of hydrogen-bond acceptors (Lipinski definition) is 5. The molecule has 1 saturated carbocycles. The summed E-state index contributed by atoms with van der Waals surface area (Å²) in [5.41, 5.74) is 1.31. The SMILES string of the molecule is Cc1nc(-c2ccc(C(=O)NCCC(=O)NC3CCCCC3)cc2)no1. The van der Waals surface area contributed by atoms with E-state index in [-0.39, 0.29) is 11.8 Å². The number of benzene rings is 1. The van der Waals surface area contributed by atoms with Gasteiger partial charge in [0.2, 0.25) is 17.6 Å². The Bertz CT molecular complexity index is 748. The Balaban J connectivity index is 1.43. The van der Waals surface area contributed by atoms with Gasteiger partial charge in [0, 0.05) is 37.1 Å². The van der Waals surface area contributed by atoms with Crippen molar-refractivity contribution in [3.63, 3.8) is 0 Å². The molecule has 2 N–H and O–H groups in total. The number of nitrogens with one attached hydrogen (secondary N) is 2. The smallest absolute Gasteiger partial charge is 0.251 e. The lowest BCUT2D eigenvalue weighted by molar-refractivity contribution is -0.121. The molecule has 7 heteroatoms. The Morgan fingerprint density at radius 2 is 1.88 bits per heavy atom. The van der Waals surface area contributed by atoms with Crippen LogP contribution in [0.25, 0.3) is 11.4 Å². The average Bonchev–Trinajstić information content (AvgIpc) is 3.09. The molecule has 1 heterocycles.